The second-order valence-electron chi connectivity index (χ2n) is 5.29. The molecule has 7 nitrogen and oxygen atoms in total. The van der Waals surface area contributed by atoms with Gasteiger partial charge in [0.15, 0.2) is 11.5 Å². The van der Waals surface area contributed by atoms with E-state index in [2.05, 4.69) is 10.3 Å². The van der Waals surface area contributed by atoms with Crippen LogP contribution in [0.1, 0.15) is 39.2 Å². The lowest BCUT2D eigenvalue weighted by Crippen LogP contribution is -2.29. The van der Waals surface area contributed by atoms with Crippen molar-refractivity contribution in [1.29, 1.82) is 0 Å². The lowest BCUT2D eigenvalue weighted by atomic mass is 10.1. The van der Waals surface area contributed by atoms with Gasteiger partial charge in [-0.2, -0.15) is 11.8 Å². The standard InChI is InChI=1S/C17H21N3O4S/c1-23-12-5-3-11(4-6-12)15(21)9-19-16(22)14-10-24-17(20-14)13(18)7-8-25-2/h3-6,10,13H,7-9,18H2,1-2H3,(H,19,22). The Balaban J connectivity index is 1.89. The van der Waals surface area contributed by atoms with E-state index in [0.717, 1.165) is 5.75 Å². The number of hydrogen-bond donors (Lipinski definition) is 2. The number of ketones is 1. The fourth-order valence-corrected chi connectivity index (χ4v) is 2.55. The molecule has 0 saturated carbocycles. The third-order valence-electron chi connectivity index (χ3n) is 3.53. The van der Waals surface area contributed by atoms with E-state index in [0.29, 0.717) is 23.6 Å². The quantitative estimate of drug-likeness (QED) is 0.657. The van der Waals surface area contributed by atoms with Crippen LogP contribution in [-0.2, 0) is 0 Å². The van der Waals surface area contributed by atoms with Gasteiger partial charge in [0, 0.05) is 5.56 Å². The van der Waals surface area contributed by atoms with Gasteiger partial charge in [-0.3, -0.25) is 9.59 Å². The van der Waals surface area contributed by atoms with Gasteiger partial charge in [0.1, 0.15) is 12.0 Å². The van der Waals surface area contributed by atoms with Gasteiger partial charge >= 0.3 is 0 Å². The van der Waals surface area contributed by atoms with Crippen molar-refractivity contribution in [1.82, 2.24) is 10.3 Å². The molecular weight excluding hydrogens is 342 g/mol. The molecule has 8 heteroatoms. The van der Waals surface area contributed by atoms with Gasteiger partial charge in [0.2, 0.25) is 5.89 Å². The predicted molar refractivity (Wildman–Crippen MR) is 96.1 cm³/mol. The summed E-state index contributed by atoms with van der Waals surface area (Å²) in [5.41, 5.74) is 6.55. The normalized spacial score (nSPS) is 11.8. The van der Waals surface area contributed by atoms with Gasteiger partial charge in [-0.1, -0.05) is 0 Å². The van der Waals surface area contributed by atoms with E-state index in [9.17, 15) is 9.59 Å². The zero-order chi connectivity index (χ0) is 18.2. The molecule has 1 aromatic heterocycles. The minimum absolute atomic E-state index is 0.108. The fraction of sp³-hybridized carbons (Fsp3) is 0.353. The molecule has 1 amide bonds. The van der Waals surface area contributed by atoms with Crippen molar-refractivity contribution < 1.29 is 18.7 Å². The molecular formula is C17H21N3O4S. The SMILES string of the molecule is COc1ccc(C(=O)CNC(=O)c2coc(C(N)CCSC)n2)cc1. The predicted octanol–water partition coefficient (Wildman–Crippen LogP) is 2.05. The largest absolute Gasteiger partial charge is 0.497 e. The molecule has 2 rings (SSSR count). The Morgan fingerprint density at radius 3 is 2.72 bits per heavy atom. The number of oxazole rings is 1. The van der Waals surface area contributed by atoms with Crippen molar-refractivity contribution in [3.8, 4) is 5.75 Å². The van der Waals surface area contributed by atoms with E-state index in [1.807, 2.05) is 6.26 Å². The summed E-state index contributed by atoms with van der Waals surface area (Å²) in [4.78, 5) is 28.3. The highest BCUT2D eigenvalue weighted by Crippen LogP contribution is 2.15. The first-order valence-corrected chi connectivity index (χ1v) is 9.10. The lowest BCUT2D eigenvalue weighted by molar-refractivity contribution is 0.0900. The summed E-state index contributed by atoms with van der Waals surface area (Å²) < 4.78 is 10.3. The molecule has 0 saturated heterocycles. The maximum absolute atomic E-state index is 12.1. The molecule has 1 aromatic carbocycles. The number of thioether (sulfide) groups is 1. The van der Waals surface area contributed by atoms with Gasteiger partial charge in [0.05, 0.1) is 19.7 Å². The molecule has 0 aliphatic rings. The van der Waals surface area contributed by atoms with E-state index in [1.54, 1.807) is 43.1 Å². The van der Waals surface area contributed by atoms with Crippen LogP contribution in [-0.4, -0.2) is 42.3 Å². The van der Waals surface area contributed by atoms with E-state index >= 15 is 0 Å². The van der Waals surface area contributed by atoms with E-state index in [1.165, 1.54) is 6.26 Å². The van der Waals surface area contributed by atoms with Crippen LogP contribution in [0, 0.1) is 0 Å². The molecule has 1 atom stereocenters. The number of nitrogens with one attached hydrogen (secondary N) is 1. The molecule has 0 radical (unpaired) electrons. The topological polar surface area (TPSA) is 107 Å². The third kappa shape index (κ3) is 5.33. The first-order valence-electron chi connectivity index (χ1n) is 7.70. The highest BCUT2D eigenvalue weighted by atomic mass is 32.2. The van der Waals surface area contributed by atoms with Gasteiger partial charge in [0.25, 0.3) is 5.91 Å². The third-order valence-corrected chi connectivity index (χ3v) is 4.17. The Hall–Kier alpha value is -2.32. The average molecular weight is 363 g/mol. The maximum atomic E-state index is 12.1. The van der Waals surface area contributed by atoms with Crippen molar-refractivity contribution in [3.63, 3.8) is 0 Å². The minimum Gasteiger partial charge on any atom is -0.497 e. The van der Waals surface area contributed by atoms with E-state index < -0.39 is 5.91 Å². The second-order valence-corrected chi connectivity index (χ2v) is 6.28. The number of aromatic nitrogens is 1. The average Bonchev–Trinajstić information content (AvgIpc) is 3.14. The minimum atomic E-state index is -0.478. The van der Waals surface area contributed by atoms with Crippen molar-refractivity contribution in [3.05, 3.63) is 47.7 Å². The first kappa shape index (κ1) is 19.0. The molecule has 3 N–H and O–H groups in total. The summed E-state index contributed by atoms with van der Waals surface area (Å²) in [5, 5.41) is 2.53. The van der Waals surface area contributed by atoms with Crippen LogP contribution in [0.5, 0.6) is 5.75 Å². The summed E-state index contributed by atoms with van der Waals surface area (Å²) in [5.74, 6) is 1.17. The van der Waals surface area contributed by atoms with Gasteiger partial charge in [-0.05, 0) is 42.7 Å². The number of carbonyl (C=O) groups is 2. The van der Waals surface area contributed by atoms with E-state index in [-0.39, 0.29) is 24.1 Å². The highest BCUT2D eigenvalue weighted by molar-refractivity contribution is 7.98. The molecule has 134 valence electrons. The van der Waals surface area contributed by atoms with Gasteiger partial charge in [-0.15, -0.1) is 0 Å². The van der Waals surface area contributed by atoms with Crippen LogP contribution in [0.25, 0.3) is 0 Å². The Morgan fingerprint density at radius 1 is 1.36 bits per heavy atom. The molecule has 0 fully saturated rings. The number of amides is 1. The maximum Gasteiger partial charge on any atom is 0.273 e. The molecule has 0 aliphatic carbocycles. The van der Waals surface area contributed by atoms with Crippen molar-refractivity contribution >= 4 is 23.5 Å². The molecule has 1 unspecified atom stereocenters. The van der Waals surface area contributed by atoms with Crippen LogP contribution in [0.15, 0.2) is 34.9 Å². The summed E-state index contributed by atoms with van der Waals surface area (Å²) in [6.07, 6.45) is 3.95. The van der Waals surface area contributed by atoms with Crippen LogP contribution < -0.4 is 15.8 Å². The number of rotatable bonds is 9. The van der Waals surface area contributed by atoms with Gasteiger partial charge in [-0.25, -0.2) is 4.98 Å². The number of benzene rings is 1. The highest BCUT2D eigenvalue weighted by Gasteiger charge is 2.17. The van der Waals surface area contributed by atoms with E-state index in [4.69, 9.17) is 14.9 Å². The molecule has 2 aromatic rings. The summed E-state index contributed by atoms with van der Waals surface area (Å²) in [7, 11) is 1.55. The monoisotopic (exact) mass is 363 g/mol. The van der Waals surface area contributed by atoms with Crippen molar-refractivity contribution in [2.45, 2.75) is 12.5 Å². The lowest BCUT2D eigenvalue weighted by Gasteiger charge is -2.05. The number of Topliss-reactive ketones (excluding diaryl/α,β-unsaturated/α-hetero) is 1. The van der Waals surface area contributed by atoms with Crippen molar-refractivity contribution in [2.24, 2.45) is 5.73 Å². The molecule has 0 aliphatic heterocycles. The first-order chi connectivity index (χ1) is 12.0. The molecule has 1 heterocycles. The zero-order valence-corrected chi connectivity index (χ0v) is 15.0. The number of nitrogens with zero attached hydrogens (tertiary/aromatic N) is 1. The van der Waals surface area contributed by atoms with Crippen LogP contribution >= 0.6 is 11.8 Å². The smallest absolute Gasteiger partial charge is 0.273 e. The Kier molecular flexibility index (Phi) is 7.03. The zero-order valence-electron chi connectivity index (χ0n) is 14.2. The Morgan fingerprint density at radius 2 is 2.08 bits per heavy atom. The fourth-order valence-electron chi connectivity index (χ4n) is 2.06. The molecule has 25 heavy (non-hydrogen) atoms. The van der Waals surface area contributed by atoms with Crippen LogP contribution in [0.2, 0.25) is 0 Å². The van der Waals surface area contributed by atoms with Crippen LogP contribution in [0.3, 0.4) is 0 Å². The molecule has 0 bridgehead atoms. The second kappa shape index (κ2) is 9.24. The number of methoxy groups -OCH3 is 1. The molecule has 0 spiro atoms. The van der Waals surface area contributed by atoms with Crippen molar-refractivity contribution in [2.75, 3.05) is 25.7 Å². The number of ether oxygens (including phenoxy) is 1. The Bertz CT molecular complexity index is 715. The summed E-state index contributed by atoms with van der Waals surface area (Å²) in [6, 6.07) is 6.32. The number of carbonyl (C=O) groups excluding carboxylic acids is 2. The summed E-state index contributed by atoms with van der Waals surface area (Å²) in [6.45, 7) is -0.133. The van der Waals surface area contributed by atoms with Crippen LogP contribution in [0.4, 0.5) is 0 Å². The van der Waals surface area contributed by atoms with Gasteiger partial charge < -0.3 is 20.2 Å². The Labute approximate surface area is 150 Å². The number of nitrogens with two attached hydrogens (primary N) is 1. The number of hydrogen-bond acceptors (Lipinski definition) is 7. The summed E-state index contributed by atoms with van der Waals surface area (Å²) >= 11 is 1.68.